The van der Waals surface area contributed by atoms with E-state index in [1.54, 1.807) is 0 Å². The Kier molecular flexibility index (Phi) is 4.51. The first-order valence-electron chi connectivity index (χ1n) is 2.40. The Morgan fingerprint density at radius 2 is 2.38 bits per heavy atom. The molecule has 50 valence electrons. The Labute approximate surface area is 56.5 Å². The Hall–Kier alpha value is 0.400. The van der Waals surface area contributed by atoms with Crippen molar-refractivity contribution in [2.24, 2.45) is 0 Å². The van der Waals surface area contributed by atoms with Crippen molar-refractivity contribution in [1.29, 1.82) is 0 Å². The molecule has 0 spiro atoms. The van der Waals surface area contributed by atoms with Gasteiger partial charge in [-0.3, -0.25) is 4.21 Å². The second-order valence-electron chi connectivity index (χ2n) is 1.46. The molecule has 0 radical (unpaired) electrons. The molecule has 2 nitrogen and oxygen atoms in total. The van der Waals surface area contributed by atoms with Crippen LogP contribution in [-0.4, -0.2) is 13.5 Å². The first kappa shape index (κ1) is 8.40. The Balaban J connectivity index is 3.32. The molecule has 0 N–H and O–H groups in total. The van der Waals surface area contributed by atoms with E-state index in [2.05, 4.69) is 0 Å². The van der Waals surface area contributed by atoms with Crippen LogP contribution in [0, 0.1) is 0 Å². The van der Waals surface area contributed by atoms with Crippen LogP contribution in [0.1, 0.15) is 19.8 Å². The van der Waals surface area contributed by atoms with Crippen LogP contribution in [0.15, 0.2) is 0 Å². The molecule has 0 saturated carbocycles. The van der Waals surface area contributed by atoms with E-state index in [-0.39, 0.29) is 0 Å². The predicted molar refractivity (Wildman–Crippen MR) is 33.5 cm³/mol. The standard InChI is InChI=1S/C4H9ClO2S/c1-2-3-4(5)8(6)7/h4H,2-3H2,1H3,(H,6,7)/p-1. The van der Waals surface area contributed by atoms with Crippen molar-refractivity contribution in [3.8, 4) is 0 Å². The number of halogens is 1. The van der Waals surface area contributed by atoms with Gasteiger partial charge in [0.05, 0.1) is 4.71 Å². The highest BCUT2D eigenvalue weighted by Gasteiger charge is 1.99. The number of hydrogen-bond donors (Lipinski definition) is 0. The Morgan fingerprint density at radius 1 is 1.88 bits per heavy atom. The number of alkyl halides is 1. The smallest absolute Gasteiger partial charge is 0.0955 e. The molecule has 0 aliphatic heterocycles. The van der Waals surface area contributed by atoms with E-state index in [4.69, 9.17) is 11.6 Å². The molecular formula is C4H8ClO2S-. The van der Waals surface area contributed by atoms with Crippen LogP contribution in [0.4, 0.5) is 0 Å². The van der Waals surface area contributed by atoms with Crippen molar-refractivity contribution >= 4 is 22.7 Å². The average Bonchev–Trinajstić information content (AvgIpc) is 1.67. The van der Waals surface area contributed by atoms with Crippen molar-refractivity contribution in [1.82, 2.24) is 0 Å². The monoisotopic (exact) mass is 155 g/mol. The van der Waals surface area contributed by atoms with E-state index in [0.717, 1.165) is 6.42 Å². The summed E-state index contributed by atoms with van der Waals surface area (Å²) in [6.07, 6.45) is 1.35. The van der Waals surface area contributed by atoms with E-state index < -0.39 is 15.8 Å². The Morgan fingerprint density at radius 3 is 2.50 bits per heavy atom. The van der Waals surface area contributed by atoms with Gasteiger partial charge in [0.2, 0.25) is 0 Å². The molecule has 0 fully saturated rings. The fraction of sp³-hybridized carbons (Fsp3) is 1.00. The maximum Gasteiger partial charge on any atom is 0.0955 e. The van der Waals surface area contributed by atoms with Crippen LogP contribution in [0.2, 0.25) is 0 Å². The molecule has 0 amide bonds. The van der Waals surface area contributed by atoms with E-state index in [9.17, 15) is 8.76 Å². The molecule has 2 unspecified atom stereocenters. The molecular weight excluding hydrogens is 148 g/mol. The number of hydrogen-bond acceptors (Lipinski definition) is 2. The van der Waals surface area contributed by atoms with Crippen LogP contribution in [0.5, 0.6) is 0 Å². The van der Waals surface area contributed by atoms with Crippen LogP contribution in [-0.2, 0) is 11.1 Å². The first-order valence-corrected chi connectivity index (χ1v) is 3.98. The zero-order valence-electron chi connectivity index (χ0n) is 4.59. The van der Waals surface area contributed by atoms with Crippen molar-refractivity contribution in [2.75, 3.05) is 0 Å². The first-order chi connectivity index (χ1) is 3.68. The third-order valence-corrected chi connectivity index (χ3v) is 2.03. The molecule has 0 saturated heterocycles. The maximum atomic E-state index is 9.96. The lowest BCUT2D eigenvalue weighted by Crippen LogP contribution is -2.05. The summed E-state index contributed by atoms with van der Waals surface area (Å²) in [7, 11) is 0. The van der Waals surface area contributed by atoms with Crippen molar-refractivity contribution < 1.29 is 8.76 Å². The molecule has 2 atom stereocenters. The van der Waals surface area contributed by atoms with E-state index in [1.807, 2.05) is 6.92 Å². The molecule has 8 heavy (non-hydrogen) atoms. The highest BCUT2D eigenvalue weighted by Crippen LogP contribution is 2.06. The van der Waals surface area contributed by atoms with Crippen LogP contribution < -0.4 is 0 Å². The summed E-state index contributed by atoms with van der Waals surface area (Å²) >= 11 is 3.21. The molecule has 0 bridgehead atoms. The van der Waals surface area contributed by atoms with Gasteiger partial charge in [-0.15, -0.1) is 11.6 Å². The van der Waals surface area contributed by atoms with Gasteiger partial charge in [-0.25, -0.2) is 0 Å². The lowest BCUT2D eigenvalue weighted by Gasteiger charge is -2.09. The summed E-state index contributed by atoms with van der Waals surface area (Å²) in [5.41, 5.74) is 0. The second-order valence-corrected chi connectivity index (χ2v) is 3.33. The zero-order valence-corrected chi connectivity index (χ0v) is 6.17. The molecule has 0 rings (SSSR count). The minimum atomic E-state index is -2.09. The van der Waals surface area contributed by atoms with Gasteiger partial charge >= 0.3 is 0 Å². The van der Waals surface area contributed by atoms with Crippen molar-refractivity contribution in [3.05, 3.63) is 0 Å². The van der Waals surface area contributed by atoms with Gasteiger partial charge in [0.15, 0.2) is 0 Å². The summed E-state index contributed by atoms with van der Waals surface area (Å²) in [6.45, 7) is 1.89. The van der Waals surface area contributed by atoms with Gasteiger partial charge in [-0.2, -0.15) is 0 Å². The predicted octanol–water partition coefficient (Wildman–Crippen LogP) is 1.23. The van der Waals surface area contributed by atoms with Crippen LogP contribution >= 0.6 is 11.6 Å². The van der Waals surface area contributed by atoms with Gasteiger partial charge in [-0.05, 0) is 17.5 Å². The van der Waals surface area contributed by atoms with Crippen molar-refractivity contribution in [3.63, 3.8) is 0 Å². The molecule has 0 aliphatic rings. The Bertz CT molecular complexity index is 86.1. The molecule has 0 aliphatic carbocycles. The van der Waals surface area contributed by atoms with Gasteiger partial charge in [0.1, 0.15) is 0 Å². The summed E-state index contributed by atoms with van der Waals surface area (Å²) in [5.74, 6) is 0. The molecule has 4 heteroatoms. The summed E-state index contributed by atoms with van der Waals surface area (Å²) in [4.78, 5) is 0. The number of rotatable bonds is 3. The second kappa shape index (κ2) is 4.30. The summed E-state index contributed by atoms with van der Waals surface area (Å²) in [5, 5.41) is 0. The molecule has 0 aromatic heterocycles. The highest BCUT2D eigenvalue weighted by atomic mass is 35.5. The minimum Gasteiger partial charge on any atom is -0.771 e. The summed E-state index contributed by atoms with van der Waals surface area (Å²) < 4.78 is 19.2. The molecule has 0 heterocycles. The quantitative estimate of drug-likeness (QED) is 0.454. The largest absolute Gasteiger partial charge is 0.771 e. The van der Waals surface area contributed by atoms with E-state index >= 15 is 0 Å². The van der Waals surface area contributed by atoms with E-state index in [1.165, 1.54) is 0 Å². The molecule has 0 aromatic carbocycles. The highest BCUT2D eigenvalue weighted by molar-refractivity contribution is 7.81. The SMILES string of the molecule is CCCC(Cl)S(=O)[O-]. The lowest BCUT2D eigenvalue weighted by atomic mass is 10.4. The maximum absolute atomic E-state index is 9.96. The minimum absolute atomic E-state index is 0.539. The van der Waals surface area contributed by atoms with Crippen molar-refractivity contribution in [2.45, 2.75) is 24.5 Å². The van der Waals surface area contributed by atoms with Gasteiger partial charge in [0.25, 0.3) is 0 Å². The van der Waals surface area contributed by atoms with Crippen LogP contribution in [0.25, 0.3) is 0 Å². The van der Waals surface area contributed by atoms with Crippen LogP contribution in [0.3, 0.4) is 0 Å². The lowest BCUT2D eigenvalue weighted by molar-refractivity contribution is 0.530. The fourth-order valence-electron chi connectivity index (χ4n) is 0.323. The zero-order chi connectivity index (χ0) is 6.57. The van der Waals surface area contributed by atoms with Gasteiger partial charge in [0, 0.05) is 0 Å². The van der Waals surface area contributed by atoms with Gasteiger partial charge < -0.3 is 4.55 Å². The average molecular weight is 156 g/mol. The topological polar surface area (TPSA) is 40.1 Å². The third-order valence-electron chi connectivity index (χ3n) is 0.724. The van der Waals surface area contributed by atoms with Gasteiger partial charge in [-0.1, -0.05) is 13.3 Å². The van der Waals surface area contributed by atoms with E-state index in [0.29, 0.717) is 6.42 Å². The third kappa shape index (κ3) is 3.41. The molecule has 0 aromatic rings. The fourth-order valence-corrected chi connectivity index (χ4v) is 0.970. The summed E-state index contributed by atoms with van der Waals surface area (Å²) in [6, 6.07) is 0. The normalized spacial score (nSPS) is 17.9.